The van der Waals surface area contributed by atoms with Crippen molar-refractivity contribution in [2.75, 3.05) is 32.0 Å². The molecule has 6 heteroatoms. The van der Waals surface area contributed by atoms with Gasteiger partial charge in [-0.05, 0) is 0 Å². The van der Waals surface area contributed by atoms with Gasteiger partial charge in [0.2, 0.25) is 5.91 Å². The Morgan fingerprint density at radius 2 is 2.27 bits per heavy atom. The smallest absolute Gasteiger partial charge is 0.242 e. The second kappa shape index (κ2) is 4.31. The number of amides is 1. The molecule has 2 heterocycles. The van der Waals surface area contributed by atoms with Crippen molar-refractivity contribution in [2.24, 2.45) is 0 Å². The van der Waals surface area contributed by atoms with Crippen molar-refractivity contribution < 1.29 is 9.53 Å². The fourth-order valence-corrected chi connectivity index (χ4v) is 1.53. The lowest BCUT2D eigenvalue weighted by Gasteiger charge is -2.26. The number of imidazole rings is 1. The number of carbonyl (C=O) groups is 1. The van der Waals surface area contributed by atoms with Crippen molar-refractivity contribution in [3.8, 4) is 0 Å². The van der Waals surface area contributed by atoms with Crippen LogP contribution in [0.25, 0.3) is 0 Å². The minimum Gasteiger partial charge on any atom is -0.382 e. The number of morpholine rings is 1. The second-order valence-corrected chi connectivity index (χ2v) is 3.46. The van der Waals surface area contributed by atoms with Crippen LogP contribution in [-0.2, 0) is 16.1 Å². The fraction of sp³-hybridized carbons (Fsp3) is 0.556. The molecule has 1 aromatic heterocycles. The first-order chi connectivity index (χ1) is 7.25. The SMILES string of the molecule is Nc1cn(CC(=O)N2CCOCC2)cn1. The van der Waals surface area contributed by atoms with E-state index in [0.717, 1.165) is 0 Å². The Morgan fingerprint density at radius 3 is 2.87 bits per heavy atom. The number of anilines is 1. The first-order valence-corrected chi connectivity index (χ1v) is 4.88. The molecular formula is C9H14N4O2. The van der Waals surface area contributed by atoms with E-state index in [-0.39, 0.29) is 5.91 Å². The van der Waals surface area contributed by atoms with Gasteiger partial charge < -0.3 is 19.9 Å². The summed E-state index contributed by atoms with van der Waals surface area (Å²) in [6, 6.07) is 0. The molecule has 0 unspecified atom stereocenters. The van der Waals surface area contributed by atoms with Crippen molar-refractivity contribution in [3.05, 3.63) is 12.5 Å². The lowest BCUT2D eigenvalue weighted by Crippen LogP contribution is -2.42. The van der Waals surface area contributed by atoms with Gasteiger partial charge in [-0.15, -0.1) is 0 Å². The molecular weight excluding hydrogens is 196 g/mol. The summed E-state index contributed by atoms with van der Waals surface area (Å²) < 4.78 is 6.86. The van der Waals surface area contributed by atoms with Crippen LogP contribution in [0, 0.1) is 0 Å². The molecule has 1 aliphatic rings. The zero-order valence-corrected chi connectivity index (χ0v) is 8.43. The van der Waals surface area contributed by atoms with Crippen LogP contribution in [-0.4, -0.2) is 46.7 Å². The van der Waals surface area contributed by atoms with Gasteiger partial charge >= 0.3 is 0 Å². The third-order valence-electron chi connectivity index (χ3n) is 2.33. The van der Waals surface area contributed by atoms with E-state index < -0.39 is 0 Å². The molecule has 15 heavy (non-hydrogen) atoms. The van der Waals surface area contributed by atoms with E-state index in [4.69, 9.17) is 10.5 Å². The van der Waals surface area contributed by atoms with Gasteiger partial charge in [-0.1, -0.05) is 0 Å². The predicted octanol–water partition coefficient (Wildman–Crippen LogP) is -0.676. The Bertz CT molecular complexity index is 344. The van der Waals surface area contributed by atoms with Crippen LogP contribution in [0.5, 0.6) is 0 Å². The summed E-state index contributed by atoms with van der Waals surface area (Å²) in [6.07, 6.45) is 3.21. The van der Waals surface area contributed by atoms with Crippen molar-refractivity contribution in [1.29, 1.82) is 0 Å². The number of nitrogens with zero attached hydrogens (tertiary/aromatic N) is 3. The number of hydrogen-bond acceptors (Lipinski definition) is 4. The van der Waals surface area contributed by atoms with Gasteiger partial charge in [0.1, 0.15) is 12.4 Å². The normalized spacial score (nSPS) is 16.7. The van der Waals surface area contributed by atoms with Gasteiger partial charge in [0.25, 0.3) is 0 Å². The second-order valence-electron chi connectivity index (χ2n) is 3.46. The molecule has 1 aromatic rings. The van der Waals surface area contributed by atoms with Crippen LogP contribution >= 0.6 is 0 Å². The molecule has 6 nitrogen and oxygen atoms in total. The summed E-state index contributed by atoms with van der Waals surface area (Å²) in [4.78, 5) is 17.4. The molecule has 1 fully saturated rings. The Kier molecular flexibility index (Phi) is 2.86. The quantitative estimate of drug-likeness (QED) is 0.702. The minimum atomic E-state index is 0.0794. The molecule has 0 radical (unpaired) electrons. The van der Waals surface area contributed by atoms with Crippen molar-refractivity contribution >= 4 is 11.7 Å². The van der Waals surface area contributed by atoms with Gasteiger partial charge in [0.05, 0.1) is 19.5 Å². The minimum absolute atomic E-state index is 0.0794. The Hall–Kier alpha value is -1.56. The number of aromatic nitrogens is 2. The number of ether oxygens (including phenoxy) is 1. The largest absolute Gasteiger partial charge is 0.382 e. The van der Waals surface area contributed by atoms with Gasteiger partial charge in [0, 0.05) is 19.3 Å². The van der Waals surface area contributed by atoms with E-state index in [9.17, 15) is 4.79 Å². The summed E-state index contributed by atoms with van der Waals surface area (Å²) in [5.74, 6) is 0.514. The maximum absolute atomic E-state index is 11.8. The number of rotatable bonds is 2. The van der Waals surface area contributed by atoms with E-state index >= 15 is 0 Å². The van der Waals surface area contributed by atoms with Crippen LogP contribution in [0.1, 0.15) is 0 Å². The maximum Gasteiger partial charge on any atom is 0.242 e. The molecule has 82 valence electrons. The average Bonchev–Trinajstić information content (AvgIpc) is 2.65. The first kappa shape index (κ1) is 9.97. The molecule has 0 saturated carbocycles. The monoisotopic (exact) mass is 210 g/mol. The summed E-state index contributed by atoms with van der Waals surface area (Å²) in [6.45, 7) is 2.88. The summed E-state index contributed by atoms with van der Waals surface area (Å²) in [7, 11) is 0. The van der Waals surface area contributed by atoms with Gasteiger partial charge in [-0.3, -0.25) is 4.79 Å². The topological polar surface area (TPSA) is 73.4 Å². The standard InChI is InChI=1S/C9H14N4O2/c10-8-5-12(7-11-8)6-9(14)13-1-3-15-4-2-13/h5,7H,1-4,6,10H2. The van der Waals surface area contributed by atoms with E-state index in [1.54, 1.807) is 22.0 Å². The lowest BCUT2D eigenvalue weighted by atomic mass is 10.4. The van der Waals surface area contributed by atoms with Crippen molar-refractivity contribution in [3.63, 3.8) is 0 Å². The number of nitrogen functional groups attached to an aromatic ring is 1. The van der Waals surface area contributed by atoms with E-state index in [2.05, 4.69) is 4.98 Å². The molecule has 0 spiro atoms. The summed E-state index contributed by atoms with van der Waals surface area (Å²) in [5, 5.41) is 0. The molecule has 0 aromatic carbocycles. The van der Waals surface area contributed by atoms with E-state index in [0.29, 0.717) is 38.7 Å². The maximum atomic E-state index is 11.8. The highest BCUT2D eigenvalue weighted by atomic mass is 16.5. The lowest BCUT2D eigenvalue weighted by molar-refractivity contribution is -0.135. The summed E-state index contributed by atoms with van der Waals surface area (Å²) >= 11 is 0. The zero-order valence-electron chi connectivity index (χ0n) is 8.43. The van der Waals surface area contributed by atoms with Crippen LogP contribution in [0.3, 0.4) is 0 Å². The Labute approximate surface area is 87.6 Å². The highest BCUT2D eigenvalue weighted by Crippen LogP contribution is 2.01. The van der Waals surface area contributed by atoms with Crippen molar-refractivity contribution in [1.82, 2.24) is 14.5 Å². The summed E-state index contributed by atoms with van der Waals surface area (Å²) in [5.41, 5.74) is 5.46. The predicted molar refractivity (Wildman–Crippen MR) is 54.0 cm³/mol. The third-order valence-corrected chi connectivity index (χ3v) is 2.33. The van der Waals surface area contributed by atoms with Crippen LogP contribution in [0.4, 0.5) is 5.82 Å². The van der Waals surface area contributed by atoms with E-state index in [1.165, 1.54) is 0 Å². The van der Waals surface area contributed by atoms with Gasteiger partial charge in [-0.25, -0.2) is 4.98 Å². The molecule has 0 bridgehead atoms. The Balaban J connectivity index is 1.91. The molecule has 2 rings (SSSR count). The number of hydrogen-bond donors (Lipinski definition) is 1. The average molecular weight is 210 g/mol. The van der Waals surface area contributed by atoms with Crippen LogP contribution in [0.15, 0.2) is 12.5 Å². The fourth-order valence-electron chi connectivity index (χ4n) is 1.53. The Morgan fingerprint density at radius 1 is 1.53 bits per heavy atom. The number of carbonyl (C=O) groups excluding carboxylic acids is 1. The zero-order chi connectivity index (χ0) is 10.7. The first-order valence-electron chi connectivity index (χ1n) is 4.88. The van der Waals surface area contributed by atoms with E-state index in [1.807, 2.05) is 0 Å². The van der Waals surface area contributed by atoms with Crippen LogP contribution < -0.4 is 5.73 Å². The molecule has 2 N–H and O–H groups in total. The highest BCUT2D eigenvalue weighted by molar-refractivity contribution is 5.76. The number of nitrogens with two attached hydrogens (primary N) is 1. The molecule has 0 aliphatic carbocycles. The van der Waals surface area contributed by atoms with Crippen molar-refractivity contribution in [2.45, 2.75) is 6.54 Å². The third kappa shape index (κ3) is 2.47. The van der Waals surface area contributed by atoms with Gasteiger partial charge in [-0.2, -0.15) is 0 Å². The molecule has 0 atom stereocenters. The molecule has 1 aliphatic heterocycles. The highest BCUT2D eigenvalue weighted by Gasteiger charge is 2.16. The van der Waals surface area contributed by atoms with Crippen LogP contribution in [0.2, 0.25) is 0 Å². The molecule has 1 saturated heterocycles. The molecule has 1 amide bonds. The van der Waals surface area contributed by atoms with Gasteiger partial charge in [0.15, 0.2) is 0 Å².